The van der Waals surface area contributed by atoms with Gasteiger partial charge in [-0.15, -0.1) is 0 Å². The molecule has 2 heterocycles. The molecule has 1 fully saturated rings. The van der Waals surface area contributed by atoms with Crippen LogP contribution >= 0.6 is 31.9 Å². The Morgan fingerprint density at radius 1 is 0.969 bits per heavy atom. The number of hydrogen-bond acceptors (Lipinski definition) is 5. The van der Waals surface area contributed by atoms with Gasteiger partial charge in [0.2, 0.25) is 15.9 Å². The number of amides is 2. The first-order chi connectivity index (χ1) is 15.3. The molecule has 1 atom stereocenters. The van der Waals surface area contributed by atoms with E-state index in [-0.39, 0.29) is 17.9 Å². The highest BCUT2D eigenvalue weighted by Crippen LogP contribution is 2.31. The van der Waals surface area contributed by atoms with Crippen LogP contribution in [0.5, 0.6) is 0 Å². The molecule has 1 aliphatic heterocycles. The first kappa shape index (κ1) is 22.8. The van der Waals surface area contributed by atoms with Crippen molar-refractivity contribution in [2.45, 2.75) is 23.9 Å². The predicted molar refractivity (Wildman–Crippen MR) is 126 cm³/mol. The number of aromatic nitrogens is 1. The van der Waals surface area contributed by atoms with E-state index in [4.69, 9.17) is 0 Å². The lowest BCUT2D eigenvalue weighted by Crippen LogP contribution is -2.45. The molecule has 1 aromatic heterocycles. The van der Waals surface area contributed by atoms with E-state index >= 15 is 0 Å². The Labute approximate surface area is 202 Å². The van der Waals surface area contributed by atoms with Crippen molar-refractivity contribution in [2.75, 3.05) is 4.90 Å². The van der Waals surface area contributed by atoms with Crippen molar-refractivity contribution in [3.8, 4) is 0 Å². The number of halogens is 2. The van der Waals surface area contributed by atoms with Crippen molar-refractivity contribution in [3.05, 3.63) is 87.6 Å². The Hall–Kier alpha value is -2.40. The summed E-state index contributed by atoms with van der Waals surface area (Å²) in [5.74, 6) is -1.04. The second kappa shape index (κ2) is 9.22. The number of nitrogens with zero attached hydrogens (tertiary/aromatic N) is 3. The summed E-state index contributed by atoms with van der Waals surface area (Å²) < 4.78 is 29.8. The molecule has 0 saturated carbocycles. The smallest absolute Gasteiger partial charge is 0.252 e. The summed E-state index contributed by atoms with van der Waals surface area (Å²) in [5.41, 5.74) is 1.00. The van der Waals surface area contributed by atoms with E-state index in [2.05, 4.69) is 36.8 Å². The van der Waals surface area contributed by atoms with Crippen molar-refractivity contribution < 1.29 is 18.0 Å². The van der Waals surface area contributed by atoms with Crippen molar-refractivity contribution >= 4 is 59.4 Å². The molecule has 0 N–H and O–H groups in total. The van der Waals surface area contributed by atoms with Gasteiger partial charge in [0.1, 0.15) is 6.04 Å². The molecule has 3 aromatic rings. The van der Waals surface area contributed by atoms with Crippen LogP contribution in [0.1, 0.15) is 12.0 Å². The van der Waals surface area contributed by atoms with E-state index < -0.39 is 27.9 Å². The topological polar surface area (TPSA) is 87.6 Å². The Morgan fingerprint density at radius 2 is 1.59 bits per heavy atom. The fourth-order valence-electron chi connectivity index (χ4n) is 3.48. The van der Waals surface area contributed by atoms with Crippen LogP contribution in [0, 0.1) is 0 Å². The number of anilines is 1. The molecular weight excluding hydrogens is 562 g/mol. The zero-order chi connectivity index (χ0) is 22.9. The van der Waals surface area contributed by atoms with Crippen molar-refractivity contribution in [3.63, 3.8) is 0 Å². The highest BCUT2D eigenvalue weighted by molar-refractivity contribution is 9.10. The van der Waals surface area contributed by atoms with E-state index in [0.717, 1.165) is 18.2 Å². The standard InChI is InChI=1S/C22H17Br2N3O4S/c23-16-3-7-18(8-4-16)27-21(28)12-20(22(27)29)26(14-15-2-1-11-25-13-15)32(30,31)19-9-5-17(24)6-10-19/h1-11,13,20H,12,14H2. The Kier molecular flexibility index (Phi) is 6.57. The van der Waals surface area contributed by atoms with Gasteiger partial charge < -0.3 is 0 Å². The molecule has 0 bridgehead atoms. The number of hydrogen-bond donors (Lipinski definition) is 0. The average Bonchev–Trinajstić information content (AvgIpc) is 3.07. The third-order valence-electron chi connectivity index (χ3n) is 5.04. The summed E-state index contributed by atoms with van der Waals surface area (Å²) in [4.78, 5) is 31.2. The summed E-state index contributed by atoms with van der Waals surface area (Å²) in [6.45, 7) is -0.0932. The molecule has 0 radical (unpaired) electrons. The lowest BCUT2D eigenvalue weighted by molar-refractivity contribution is -0.122. The van der Waals surface area contributed by atoms with E-state index in [1.807, 2.05) is 0 Å². The first-order valence-electron chi connectivity index (χ1n) is 9.56. The zero-order valence-corrected chi connectivity index (χ0v) is 20.5. The molecule has 2 amide bonds. The fourth-order valence-corrected chi connectivity index (χ4v) is 5.58. The lowest BCUT2D eigenvalue weighted by atomic mass is 10.2. The quantitative estimate of drug-likeness (QED) is 0.410. The van der Waals surface area contributed by atoms with Gasteiger partial charge in [0.05, 0.1) is 17.0 Å². The van der Waals surface area contributed by atoms with Gasteiger partial charge in [-0.2, -0.15) is 4.31 Å². The summed E-state index contributed by atoms with van der Waals surface area (Å²) in [6.07, 6.45) is 2.87. The lowest BCUT2D eigenvalue weighted by Gasteiger charge is -2.27. The summed E-state index contributed by atoms with van der Waals surface area (Å²) in [7, 11) is -4.09. The number of carbonyl (C=O) groups excluding carboxylic acids is 2. The van der Waals surface area contributed by atoms with Crippen LogP contribution in [0.4, 0.5) is 5.69 Å². The predicted octanol–water partition coefficient (Wildman–Crippen LogP) is 4.13. The Bertz CT molecular complexity index is 1250. The molecular formula is C22H17Br2N3O4S. The number of imide groups is 1. The molecule has 164 valence electrons. The molecule has 0 aliphatic carbocycles. The summed E-state index contributed by atoms with van der Waals surface area (Å²) >= 11 is 6.63. The van der Waals surface area contributed by atoms with Crippen LogP contribution in [0.15, 0.2) is 86.9 Å². The van der Waals surface area contributed by atoms with E-state index in [0.29, 0.717) is 11.3 Å². The second-order valence-electron chi connectivity index (χ2n) is 7.13. The van der Waals surface area contributed by atoms with Crippen molar-refractivity contribution in [1.29, 1.82) is 0 Å². The molecule has 1 saturated heterocycles. The van der Waals surface area contributed by atoms with Crippen LogP contribution < -0.4 is 4.90 Å². The molecule has 7 nitrogen and oxygen atoms in total. The maximum atomic E-state index is 13.6. The Balaban J connectivity index is 1.74. The molecule has 4 rings (SSSR count). The van der Waals surface area contributed by atoms with Gasteiger partial charge in [-0.3, -0.25) is 14.6 Å². The second-order valence-corrected chi connectivity index (χ2v) is 10.9. The maximum absolute atomic E-state index is 13.6. The Morgan fingerprint density at radius 3 is 2.19 bits per heavy atom. The molecule has 0 spiro atoms. The summed E-state index contributed by atoms with van der Waals surface area (Å²) in [6, 6.07) is 15.1. The number of sulfonamides is 1. The fraction of sp³-hybridized carbons (Fsp3) is 0.136. The van der Waals surface area contributed by atoms with Crippen LogP contribution in [0.3, 0.4) is 0 Å². The van der Waals surface area contributed by atoms with Crippen LogP contribution in [-0.2, 0) is 26.2 Å². The third-order valence-corrected chi connectivity index (χ3v) is 7.96. The third kappa shape index (κ3) is 4.54. The van der Waals surface area contributed by atoms with Gasteiger partial charge in [-0.1, -0.05) is 37.9 Å². The minimum atomic E-state index is -4.09. The van der Waals surface area contributed by atoms with Gasteiger partial charge in [-0.05, 0) is 60.2 Å². The SMILES string of the molecule is O=C1CC(N(Cc2cccnc2)S(=O)(=O)c2ccc(Br)cc2)C(=O)N1c1ccc(Br)cc1. The van der Waals surface area contributed by atoms with Gasteiger partial charge in [0.15, 0.2) is 0 Å². The van der Waals surface area contributed by atoms with E-state index in [1.165, 1.54) is 18.3 Å². The van der Waals surface area contributed by atoms with Gasteiger partial charge in [0.25, 0.3) is 5.91 Å². The molecule has 32 heavy (non-hydrogen) atoms. The highest BCUT2D eigenvalue weighted by Gasteiger charge is 2.47. The first-order valence-corrected chi connectivity index (χ1v) is 12.6. The molecule has 2 aromatic carbocycles. The number of carbonyl (C=O) groups is 2. The van der Waals surface area contributed by atoms with Gasteiger partial charge >= 0.3 is 0 Å². The van der Waals surface area contributed by atoms with Crippen LogP contribution in [-0.4, -0.2) is 35.6 Å². The van der Waals surface area contributed by atoms with E-state index in [9.17, 15) is 18.0 Å². The van der Waals surface area contributed by atoms with Gasteiger partial charge in [-0.25, -0.2) is 13.3 Å². The number of rotatable bonds is 6. The highest BCUT2D eigenvalue weighted by atomic mass is 79.9. The zero-order valence-electron chi connectivity index (χ0n) is 16.6. The van der Waals surface area contributed by atoms with Gasteiger partial charge in [0, 0.05) is 27.9 Å². The van der Waals surface area contributed by atoms with Crippen molar-refractivity contribution in [1.82, 2.24) is 9.29 Å². The minimum Gasteiger partial charge on any atom is -0.274 e. The normalized spacial score (nSPS) is 16.7. The number of benzene rings is 2. The molecule has 1 aliphatic rings. The largest absolute Gasteiger partial charge is 0.274 e. The summed E-state index contributed by atoms with van der Waals surface area (Å²) in [5, 5.41) is 0. The molecule has 1 unspecified atom stereocenters. The minimum absolute atomic E-state index is 0.0342. The van der Waals surface area contributed by atoms with E-state index in [1.54, 1.807) is 54.7 Å². The molecule has 10 heteroatoms. The number of pyridine rings is 1. The maximum Gasteiger partial charge on any atom is 0.252 e. The van der Waals surface area contributed by atoms with Crippen LogP contribution in [0.2, 0.25) is 0 Å². The monoisotopic (exact) mass is 577 g/mol. The van der Waals surface area contributed by atoms with Crippen molar-refractivity contribution in [2.24, 2.45) is 0 Å². The average molecular weight is 579 g/mol. The van der Waals surface area contributed by atoms with Crippen LogP contribution in [0.25, 0.3) is 0 Å².